The normalized spacial score (nSPS) is 14.3. The van der Waals surface area contributed by atoms with Crippen molar-refractivity contribution in [3.63, 3.8) is 0 Å². The van der Waals surface area contributed by atoms with Crippen LogP contribution in [-0.2, 0) is 24.5 Å². The molecule has 0 atom stereocenters. The number of para-hydroxylation sites is 1. The Morgan fingerprint density at radius 3 is 2.18 bits per heavy atom. The minimum Gasteiger partial charge on any atom is -0.465 e. The van der Waals surface area contributed by atoms with Crippen LogP contribution in [0.5, 0.6) is 0 Å². The molecule has 0 aliphatic carbocycles. The van der Waals surface area contributed by atoms with Gasteiger partial charge in [-0.15, -0.1) is 0 Å². The van der Waals surface area contributed by atoms with Crippen molar-refractivity contribution in [2.75, 3.05) is 38.3 Å². The highest BCUT2D eigenvalue weighted by Gasteiger charge is 2.42. The van der Waals surface area contributed by atoms with Crippen LogP contribution in [0.2, 0.25) is 0 Å². The van der Waals surface area contributed by atoms with E-state index in [9.17, 15) is 9.59 Å². The van der Waals surface area contributed by atoms with E-state index < -0.39 is 11.9 Å². The summed E-state index contributed by atoms with van der Waals surface area (Å²) >= 11 is 3.62. The number of allylic oxidation sites excluding steroid dienone is 1. The Kier molecular flexibility index (Phi) is 8.31. The fraction of sp³-hybridized carbons (Fsp3) is 0.370. The van der Waals surface area contributed by atoms with E-state index in [0.717, 1.165) is 15.7 Å². The van der Waals surface area contributed by atoms with Crippen molar-refractivity contribution in [2.24, 2.45) is 0 Å². The van der Waals surface area contributed by atoms with Crippen LogP contribution in [0.25, 0.3) is 6.08 Å². The van der Waals surface area contributed by atoms with E-state index in [1.807, 2.05) is 18.2 Å². The van der Waals surface area contributed by atoms with Gasteiger partial charge < -0.3 is 14.4 Å². The standard InChI is InChI=1S/C27H32BrN2O4/c1-6-33-25(31)17-30(18-26(32)34-7-2)23-14-12-19(16-21(23)28)13-15-24-27(3,4)20-10-8-9-11-22(20)29(24)5/h8-16H,6-7,17-18H2,1-5H3/q+1. The van der Waals surface area contributed by atoms with Gasteiger partial charge in [0.15, 0.2) is 5.71 Å². The minimum atomic E-state index is -0.398. The molecular weight excluding hydrogens is 496 g/mol. The van der Waals surface area contributed by atoms with E-state index in [2.05, 4.69) is 77.8 Å². The Morgan fingerprint density at radius 2 is 1.62 bits per heavy atom. The summed E-state index contributed by atoms with van der Waals surface area (Å²) in [6, 6.07) is 14.3. The number of nitrogens with zero attached hydrogens (tertiary/aromatic N) is 2. The second-order valence-electron chi connectivity index (χ2n) is 8.60. The molecule has 180 valence electrons. The average molecular weight is 528 g/mol. The lowest BCUT2D eigenvalue weighted by Gasteiger charge is -2.24. The third kappa shape index (κ3) is 5.58. The number of esters is 2. The van der Waals surface area contributed by atoms with Gasteiger partial charge in [0.2, 0.25) is 5.69 Å². The molecule has 1 aliphatic rings. The van der Waals surface area contributed by atoms with E-state index >= 15 is 0 Å². The summed E-state index contributed by atoms with van der Waals surface area (Å²) in [6.07, 6.45) is 4.23. The van der Waals surface area contributed by atoms with Gasteiger partial charge in [-0.3, -0.25) is 9.59 Å². The number of ether oxygens (including phenoxy) is 2. The number of hydrogen-bond donors (Lipinski definition) is 0. The first-order valence-corrected chi connectivity index (χ1v) is 12.2. The maximum atomic E-state index is 12.1. The van der Waals surface area contributed by atoms with Crippen LogP contribution < -0.4 is 4.90 Å². The SMILES string of the molecule is CCOC(=O)CN(CC(=O)OCC)c1ccc(/C=C/C2=[N+](C)c3ccccc3C2(C)C)cc1Br. The van der Waals surface area contributed by atoms with Crippen LogP contribution in [0.15, 0.2) is 53.0 Å². The number of hydrogen-bond acceptors (Lipinski definition) is 5. The van der Waals surface area contributed by atoms with Gasteiger partial charge in [-0.25, -0.2) is 0 Å². The Labute approximate surface area is 210 Å². The predicted octanol–water partition coefficient (Wildman–Crippen LogP) is 5.10. The van der Waals surface area contributed by atoms with E-state index in [0.29, 0.717) is 0 Å². The summed E-state index contributed by atoms with van der Waals surface area (Å²) in [7, 11) is 2.09. The van der Waals surface area contributed by atoms with Gasteiger partial charge in [-0.2, -0.15) is 4.58 Å². The largest absolute Gasteiger partial charge is 0.465 e. The summed E-state index contributed by atoms with van der Waals surface area (Å²) in [4.78, 5) is 25.9. The zero-order valence-corrected chi connectivity index (χ0v) is 22.0. The molecule has 0 amide bonds. The lowest BCUT2D eigenvalue weighted by atomic mass is 9.81. The fourth-order valence-electron chi connectivity index (χ4n) is 4.31. The molecule has 0 radical (unpaired) electrons. The summed E-state index contributed by atoms with van der Waals surface area (Å²) in [5.41, 5.74) is 5.35. The molecule has 0 N–H and O–H groups in total. The van der Waals surface area contributed by atoms with Crippen LogP contribution in [0.3, 0.4) is 0 Å². The van der Waals surface area contributed by atoms with E-state index in [4.69, 9.17) is 9.47 Å². The zero-order chi connectivity index (χ0) is 24.9. The molecule has 0 saturated carbocycles. The van der Waals surface area contributed by atoms with Gasteiger partial charge >= 0.3 is 11.9 Å². The Morgan fingerprint density at radius 1 is 1.00 bits per heavy atom. The number of carbonyl (C=O) groups excluding carboxylic acids is 2. The smallest absolute Gasteiger partial charge is 0.325 e. The van der Waals surface area contributed by atoms with Crippen molar-refractivity contribution in [1.82, 2.24) is 0 Å². The van der Waals surface area contributed by atoms with Gasteiger partial charge in [0.1, 0.15) is 20.1 Å². The predicted molar refractivity (Wildman–Crippen MR) is 139 cm³/mol. The number of fused-ring (bicyclic) bond motifs is 1. The molecule has 2 aromatic carbocycles. The van der Waals surface area contributed by atoms with Crippen molar-refractivity contribution in [2.45, 2.75) is 33.1 Å². The van der Waals surface area contributed by atoms with Gasteiger partial charge in [0.05, 0.1) is 24.3 Å². The number of benzene rings is 2. The van der Waals surface area contributed by atoms with Gasteiger partial charge in [0, 0.05) is 22.2 Å². The number of rotatable bonds is 9. The molecule has 0 aromatic heterocycles. The number of halogens is 1. The van der Waals surface area contributed by atoms with Gasteiger partial charge in [-0.05, 0) is 67.4 Å². The quantitative estimate of drug-likeness (QED) is 0.335. The highest BCUT2D eigenvalue weighted by molar-refractivity contribution is 9.10. The Bertz CT molecular complexity index is 1120. The maximum absolute atomic E-state index is 12.1. The van der Waals surface area contributed by atoms with E-state index in [1.165, 1.54) is 17.0 Å². The molecule has 3 rings (SSSR count). The van der Waals surface area contributed by atoms with Gasteiger partial charge in [-0.1, -0.05) is 24.3 Å². The molecule has 7 heteroatoms. The first-order chi connectivity index (χ1) is 16.2. The lowest BCUT2D eigenvalue weighted by Crippen LogP contribution is -2.36. The average Bonchev–Trinajstić information content (AvgIpc) is 2.98. The second kappa shape index (κ2) is 11.0. The molecule has 1 heterocycles. The summed E-state index contributed by atoms with van der Waals surface area (Å²) in [5, 5.41) is 0. The Balaban J connectivity index is 1.85. The number of carbonyl (C=O) groups is 2. The highest BCUT2D eigenvalue weighted by atomic mass is 79.9. The Hall–Kier alpha value is -2.93. The molecule has 1 aliphatic heterocycles. The summed E-state index contributed by atoms with van der Waals surface area (Å²) in [5.74, 6) is -0.796. The van der Waals surface area contributed by atoms with Crippen molar-refractivity contribution < 1.29 is 23.6 Å². The van der Waals surface area contributed by atoms with E-state index in [-0.39, 0.29) is 31.7 Å². The van der Waals surface area contributed by atoms with Crippen molar-refractivity contribution in [3.8, 4) is 0 Å². The molecule has 0 saturated heterocycles. The highest BCUT2D eigenvalue weighted by Crippen LogP contribution is 2.39. The molecule has 6 nitrogen and oxygen atoms in total. The van der Waals surface area contributed by atoms with Crippen LogP contribution in [-0.4, -0.2) is 55.6 Å². The van der Waals surface area contributed by atoms with E-state index in [1.54, 1.807) is 18.7 Å². The molecule has 0 spiro atoms. The summed E-state index contributed by atoms with van der Waals surface area (Å²) < 4.78 is 13.2. The van der Waals surface area contributed by atoms with Crippen molar-refractivity contribution in [3.05, 3.63) is 64.1 Å². The second-order valence-corrected chi connectivity index (χ2v) is 9.45. The topological polar surface area (TPSA) is 58.9 Å². The maximum Gasteiger partial charge on any atom is 0.325 e. The van der Waals surface area contributed by atoms with Crippen molar-refractivity contribution >= 4 is 51.0 Å². The van der Waals surface area contributed by atoms with Crippen LogP contribution in [0.4, 0.5) is 11.4 Å². The minimum absolute atomic E-state index is 0.0460. The van der Waals surface area contributed by atoms with Crippen LogP contribution in [0, 0.1) is 0 Å². The molecule has 2 aromatic rings. The zero-order valence-electron chi connectivity index (χ0n) is 20.4. The fourth-order valence-corrected chi connectivity index (χ4v) is 4.96. The van der Waals surface area contributed by atoms with Crippen LogP contribution in [0.1, 0.15) is 38.8 Å². The molecule has 0 bridgehead atoms. The first-order valence-electron chi connectivity index (χ1n) is 11.4. The third-order valence-electron chi connectivity index (χ3n) is 5.94. The monoisotopic (exact) mass is 527 g/mol. The molecule has 34 heavy (non-hydrogen) atoms. The summed E-state index contributed by atoms with van der Waals surface area (Å²) in [6.45, 7) is 8.45. The third-order valence-corrected chi connectivity index (χ3v) is 6.57. The van der Waals surface area contributed by atoms with Crippen LogP contribution >= 0.6 is 15.9 Å². The van der Waals surface area contributed by atoms with Gasteiger partial charge in [0.25, 0.3) is 0 Å². The lowest BCUT2D eigenvalue weighted by molar-refractivity contribution is -0.401. The number of anilines is 1. The molecular formula is C27H32BrN2O4+. The first kappa shape index (κ1) is 25.7. The van der Waals surface area contributed by atoms with Crippen molar-refractivity contribution in [1.29, 1.82) is 0 Å². The molecule has 0 fully saturated rings. The molecule has 0 unspecified atom stereocenters.